The molecular weight excluding hydrogens is 212 g/mol. The first-order chi connectivity index (χ1) is 8.15. The van der Waals surface area contributed by atoms with Crippen LogP contribution in [-0.4, -0.2) is 50.8 Å². The van der Waals surface area contributed by atoms with Crippen LogP contribution in [0.4, 0.5) is 0 Å². The van der Waals surface area contributed by atoms with Gasteiger partial charge >= 0.3 is 0 Å². The lowest BCUT2D eigenvalue weighted by atomic mass is 9.84. The first-order valence-corrected chi connectivity index (χ1v) is 7.11. The molecule has 0 bridgehead atoms. The van der Waals surface area contributed by atoms with Gasteiger partial charge in [-0.1, -0.05) is 27.2 Å². The van der Waals surface area contributed by atoms with E-state index in [2.05, 4.69) is 38.0 Å². The van der Waals surface area contributed by atoms with E-state index in [1.165, 1.54) is 25.8 Å². The number of rotatable bonds is 7. The summed E-state index contributed by atoms with van der Waals surface area (Å²) < 4.78 is 5.58. The van der Waals surface area contributed by atoms with Crippen molar-refractivity contribution in [3.05, 3.63) is 0 Å². The number of ether oxygens (including phenoxy) is 1. The van der Waals surface area contributed by atoms with Gasteiger partial charge in [-0.25, -0.2) is 0 Å². The zero-order valence-corrected chi connectivity index (χ0v) is 12.1. The molecule has 0 spiro atoms. The van der Waals surface area contributed by atoms with Gasteiger partial charge in [0.25, 0.3) is 0 Å². The van der Waals surface area contributed by atoms with E-state index >= 15 is 0 Å². The third-order valence-electron chi connectivity index (χ3n) is 3.86. The van der Waals surface area contributed by atoms with Gasteiger partial charge in [0, 0.05) is 25.7 Å². The van der Waals surface area contributed by atoms with Crippen LogP contribution in [0, 0.1) is 5.41 Å². The Bertz CT molecular complexity index is 202. The Morgan fingerprint density at radius 3 is 2.76 bits per heavy atom. The standard InChI is InChI=1S/C14H30N2O/c1-5-7-14(3,11-15-4)12-16-8-9-17-10-13(16)6-2/h13,15H,5-12H2,1-4H3. The summed E-state index contributed by atoms with van der Waals surface area (Å²) in [5, 5.41) is 3.36. The second-order valence-corrected chi connectivity index (χ2v) is 5.70. The lowest BCUT2D eigenvalue weighted by Gasteiger charge is -2.41. The van der Waals surface area contributed by atoms with Crippen molar-refractivity contribution in [1.29, 1.82) is 0 Å². The lowest BCUT2D eigenvalue weighted by molar-refractivity contribution is -0.0268. The van der Waals surface area contributed by atoms with Gasteiger partial charge in [0.15, 0.2) is 0 Å². The van der Waals surface area contributed by atoms with Crippen molar-refractivity contribution in [2.24, 2.45) is 5.41 Å². The quantitative estimate of drug-likeness (QED) is 0.740. The van der Waals surface area contributed by atoms with Crippen LogP contribution in [0.25, 0.3) is 0 Å². The molecule has 0 aromatic rings. The lowest BCUT2D eigenvalue weighted by Crippen LogP contribution is -2.51. The van der Waals surface area contributed by atoms with Gasteiger partial charge in [-0.15, -0.1) is 0 Å². The molecular formula is C14H30N2O. The molecule has 0 amide bonds. The summed E-state index contributed by atoms with van der Waals surface area (Å²) in [6.45, 7) is 12.2. The average Bonchev–Trinajstić information content (AvgIpc) is 2.30. The number of hydrogen-bond acceptors (Lipinski definition) is 3. The van der Waals surface area contributed by atoms with Crippen LogP contribution in [-0.2, 0) is 4.74 Å². The summed E-state index contributed by atoms with van der Waals surface area (Å²) in [4.78, 5) is 2.64. The second-order valence-electron chi connectivity index (χ2n) is 5.70. The van der Waals surface area contributed by atoms with Crippen LogP contribution in [0.15, 0.2) is 0 Å². The van der Waals surface area contributed by atoms with Crippen molar-refractivity contribution in [3.63, 3.8) is 0 Å². The van der Waals surface area contributed by atoms with E-state index in [0.717, 1.165) is 26.3 Å². The van der Waals surface area contributed by atoms with E-state index in [-0.39, 0.29) is 0 Å². The van der Waals surface area contributed by atoms with Crippen LogP contribution in [0.3, 0.4) is 0 Å². The maximum absolute atomic E-state index is 5.58. The van der Waals surface area contributed by atoms with Gasteiger partial charge in [-0.2, -0.15) is 0 Å². The molecule has 1 fully saturated rings. The molecule has 1 aliphatic rings. The minimum absolute atomic E-state index is 0.397. The summed E-state index contributed by atoms with van der Waals surface area (Å²) in [7, 11) is 2.06. The number of nitrogens with one attached hydrogen (secondary N) is 1. The average molecular weight is 242 g/mol. The van der Waals surface area contributed by atoms with E-state index in [1.807, 2.05) is 0 Å². The highest BCUT2D eigenvalue weighted by molar-refractivity contribution is 4.84. The molecule has 1 N–H and O–H groups in total. The molecule has 2 atom stereocenters. The Morgan fingerprint density at radius 2 is 2.18 bits per heavy atom. The molecule has 0 aromatic heterocycles. The number of morpholine rings is 1. The largest absolute Gasteiger partial charge is 0.378 e. The number of hydrogen-bond donors (Lipinski definition) is 1. The van der Waals surface area contributed by atoms with Crippen molar-refractivity contribution < 1.29 is 4.74 Å². The van der Waals surface area contributed by atoms with Crippen LogP contribution in [0.2, 0.25) is 0 Å². The van der Waals surface area contributed by atoms with Crippen molar-refractivity contribution in [2.45, 2.75) is 46.1 Å². The minimum atomic E-state index is 0.397. The highest BCUT2D eigenvalue weighted by Crippen LogP contribution is 2.26. The van der Waals surface area contributed by atoms with Crippen molar-refractivity contribution in [2.75, 3.05) is 39.9 Å². The fourth-order valence-corrected chi connectivity index (χ4v) is 3.02. The summed E-state index contributed by atoms with van der Waals surface area (Å²) >= 11 is 0. The van der Waals surface area contributed by atoms with Crippen molar-refractivity contribution in [1.82, 2.24) is 10.2 Å². The smallest absolute Gasteiger partial charge is 0.0622 e. The SMILES string of the molecule is CCCC(C)(CNC)CN1CCOCC1CC. The third kappa shape index (κ3) is 4.57. The Morgan fingerprint density at radius 1 is 1.41 bits per heavy atom. The first-order valence-electron chi connectivity index (χ1n) is 7.11. The van der Waals surface area contributed by atoms with Crippen molar-refractivity contribution in [3.8, 4) is 0 Å². The van der Waals surface area contributed by atoms with Crippen molar-refractivity contribution >= 4 is 0 Å². The first kappa shape index (κ1) is 14.9. The third-order valence-corrected chi connectivity index (χ3v) is 3.86. The molecule has 0 aromatic carbocycles. The summed E-state index contributed by atoms with van der Waals surface area (Å²) in [5.74, 6) is 0. The number of nitrogens with zero attached hydrogens (tertiary/aromatic N) is 1. The molecule has 1 saturated heterocycles. The highest BCUT2D eigenvalue weighted by Gasteiger charge is 2.30. The Kier molecular flexibility index (Phi) is 6.45. The monoisotopic (exact) mass is 242 g/mol. The molecule has 3 nitrogen and oxygen atoms in total. The summed E-state index contributed by atoms with van der Waals surface area (Å²) in [6.07, 6.45) is 3.75. The normalized spacial score (nSPS) is 25.8. The topological polar surface area (TPSA) is 24.5 Å². The van der Waals surface area contributed by atoms with E-state index in [1.54, 1.807) is 0 Å². The molecule has 0 radical (unpaired) electrons. The molecule has 1 aliphatic heterocycles. The Balaban J connectivity index is 2.57. The van der Waals surface area contributed by atoms with Gasteiger partial charge in [0.05, 0.1) is 13.2 Å². The van der Waals surface area contributed by atoms with Gasteiger partial charge in [-0.05, 0) is 25.3 Å². The maximum Gasteiger partial charge on any atom is 0.0622 e. The highest BCUT2D eigenvalue weighted by atomic mass is 16.5. The Labute approximate surface area is 107 Å². The zero-order valence-electron chi connectivity index (χ0n) is 12.1. The van der Waals surface area contributed by atoms with E-state index in [9.17, 15) is 0 Å². The van der Waals surface area contributed by atoms with E-state index in [4.69, 9.17) is 4.74 Å². The zero-order chi connectivity index (χ0) is 12.7. The van der Waals surface area contributed by atoms with Gasteiger partial charge in [0.1, 0.15) is 0 Å². The molecule has 102 valence electrons. The molecule has 3 heteroatoms. The van der Waals surface area contributed by atoms with E-state index in [0.29, 0.717) is 11.5 Å². The predicted molar refractivity (Wildman–Crippen MR) is 73.4 cm³/mol. The van der Waals surface area contributed by atoms with Crippen LogP contribution in [0.1, 0.15) is 40.0 Å². The molecule has 0 saturated carbocycles. The molecule has 17 heavy (non-hydrogen) atoms. The van der Waals surface area contributed by atoms with E-state index < -0.39 is 0 Å². The van der Waals surface area contributed by atoms with Crippen LogP contribution >= 0.6 is 0 Å². The maximum atomic E-state index is 5.58. The van der Waals surface area contributed by atoms with Gasteiger partial charge in [-0.3, -0.25) is 4.90 Å². The predicted octanol–water partition coefficient (Wildman–Crippen LogP) is 2.12. The summed E-state index contributed by atoms with van der Waals surface area (Å²) in [5.41, 5.74) is 0.397. The van der Waals surface area contributed by atoms with Gasteiger partial charge in [0.2, 0.25) is 0 Å². The van der Waals surface area contributed by atoms with Crippen LogP contribution < -0.4 is 5.32 Å². The van der Waals surface area contributed by atoms with Gasteiger partial charge < -0.3 is 10.1 Å². The fourth-order valence-electron chi connectivity index (χ4n) is 3.02. The molecule has 0 aliphatic carbocycles. The second kappa shape index (κ2) is 7.34. The molecule has 1 heterocycles. The fraction of sp³-hybridized carbons (Fsp3) is 1.00. The molecule has 1 rings (SSSR count). The molecule has 2 unspecified atom stereocenters. The van der Waals surface area contributed by atoms with Crippen LogP contribution in [0.5, 0.6) is 0 Å². The Hall–Kier alpha value is -0.120. The summed E-state index contributed by atoms with van der Waals surface area (Å²) in [6, 6.07) is 0.622. The minimum Gasteiger partial charge on any atom is -0.378 e.